The van der Waals surface area contributed by atoms with Crippen molar-refractivity contribution in [3.05, 3.63) is 58.6 Å². The second kappa shape index (κ2) is 10.4. The minimum atomic E-state index is -3.58. The minimum Gasteiger partial charge on any atom is -0.326 e. The van der Waals surface area contributed by atoms with E-state index in [9.17, 15) is 18.0 Å². The summed E-state index contributed by atoms with van der Waals surface area (Å²) < 4.78 is 27.8. The monoisotopic (exact) mass is 520 g/mol. The Kier molecular flexibility index (Phi) is 7.81. The third-order valence-corrected chi connectivity index (χ3v) is 7.65. The van der Waals surface area contributed by atoms with Crippen molar-refractivity contribution in [2.75, 3.05) is 18.4 Å². The standard InChI is InChI=1S/C22H25BrN4O4S/c1-15(18-4-3-5-20(14-18)24-16(2)28)25-26-22(29)17-10-12-27(13-11-17)32(30,31)21-8-6-19(23)7-9-21/h3-9,14,17H,10-13H2,1-2H3,(H,24,28)(H,26,29)/b25-15-. The van der Waals surface area contributed by atoms with Crippen molar-refractivity contribution in [2.45, 2.75) is 31.6 Å². The molecule has 0 spiro atoms. The molecule has 170 valence electrons. The number of nitrogens with zero attached hydrogens (tertiary/aromatic N) is 2. The first-order valence-corrected chi connectivity index (χ1v) is 12.4. The topological polar surface area (TPSA) is 108 Å². The summed E-state index contributed by atoms with van der Waals surface area (Å²) in [6.07, 6.45) is 0.850. The Labute approximate surface area is 196 Å². The van der Waals surface area contributed by atoms with Crippen LogP contribution in [0.15, 0.2) is 63.0 Å². The molecule has 1 aliphatic heterocycles. The number of hydrazone groups is 1. The second-order valence-electron chi connectivity index (χ2n) is 7.57. The van der Waals surface area contributed by atoms with Gasteiger partial charge in [0.25, 0.3) is 0 Å². The van der Waals surface area contributed by atoms with Gasteiger partial charge in [0, 0.05) is 36.1 Å². The third-order valence-electron chi connectivity index (χ3n) is 5.21. The lowest BCUT2D eigenvalue weighted by Crippen LogP contribution is -2.42. The van der Waals surface area contributed by atoms with Crippen molar-refractivity contribution in [3.63, 3.8) is 0 Å². The van der Waals surface area contributed by atoms with Crippen molar-refractivity contribution in [3.8, 4) is 0 Å². The third kappa shape index (κ3) is 6.02. The van der Waals surface area contributed by atoms with Gasteiger partial charge in [-0.05, 0) is 61.7 Å². The highest BCUT2D eigenvalue weighted by Gasteiger charge is 2.32. The summed E-state index contributed by atoms with van der Waals surface area (Å²) in [4.78, 5) is 24.0. The summed E-state index contributed by atoms with van der Waals surface area (Å²) in [6.45, 7) is 3.75. The Morgan fingerprint density at radius 3 is 2.34 bits per heavy atom. The van der Waals surface area contributed by atoms with Crippen molar-refractivity contribution >= 4 is 49.2 Å². The zero-order valence-corrected chi connectivity index (χ0v) is 20.2. The fraction of sp³-hybridized carbons (Fsp3) is 0.318. The molecule has 1 heterocycles. The number of benzene rings is 2. The molecule has 1 aliphatic rings. The number of amides is 2. The Bertz CT molecular complexity index is 1120. The molecule has 0 bridgehead atoms. The molecule has 2 aromatic rings. The van der Waals surface area contributed by atoms with Crippen molar-refractivity contribution < 1.29 is 18.0 Å². The van der Waals surface area contributed by atoms with Crippen LogP contribution in [0.5, 0.6) is 0 Å². The lowest BCUT2D eigenvalue weighted by molar-refractivity contribution is -0.126. The van der Waals surface area contributed by atoms with Gasteiger partial charge in [-0.1, -0.05) is 28.1 Å². The first kappa shape index (κ1) is 24.1. The molecular weight excluding hydrogens is 496 g/mol. The van der Waals surface area contributed by atoms with E-state index in [0.29, 0.717) is 24.2 Å². The fourth-order valence-corrected chi connectivity index (χ4v) is 5.17. The summed E-state index contributed by atoms with van der Waals surface area (Å²) in [7, 11) is -3.58. The Hall–Kier alpha value is -2.56. The summed E-state index contributed by atoms with van der Waals surface area (Å²) in [5.74, 6) is -0.713. The first-order chi connectivity index (χ1) is 15.2. The molecule has 0 radical (unpaired) electrons. The zero-order chi connectivity index (χ0) is 23.3. The minimum absolute atomic E-state index is 0.168. The van der Waals surface area contributed by atoms with E-state index in [-0.39, 0.29) is 35.7 Å². The molecule has 3 rings (SSSR count). The number of hydrogen-bond acceptors (Lipinski definition) is 5. The Morgan fingerprint density at radius 2 is 1.72 bits per heavy atom. The van der Waals surface area contributed by atoms with Gasteiger partial charge in [0.1, 0.15) is 0 Å². The summed E-state index contributed by atoms with van der Waals surface area (Å²) in [6, 6.07) is 13.7. The molecule has 0 saturated carbocycles. The molecule has 1 saturated heterocycles. The van der Waals surface area contributed by atoms with Gasteiger partial charge < -0.3 is 5.32 Å². The summed E-state index contributed by atoms with van der Waals surface area (Å²) in [5.41, 5.74) is 4.61. The molecule has 0 atom stereocenters. The molecule has 1 fully saturated rings. The molecule has 0 unspecified atom stereocenters. The van der Waals surface area contributed by atoms with Gasteiger partial charge in [-0.3, -0.25) is 9.59 Å². The maximum absolute atomic E-state index is 12.8. The van der Waals surface area contributed by atoms with Crippen LogP contribution < -0.4 is 10.7 Å². The van der Waals surface area contributed by atoms with E-state index in [2.05, 4.69) is 31.8 Å². The van der Waals surface area contributed by atoms with Gasteiger partial charge in [0.05, 0.1) is 10.6 Å². The van der Waals surface area contributed by atoms with Crippen LogP contribution in [0, 0.1) is 5.92 Å². The Morgan fingerprint density at radius 1 is 1.06 bits per heavy atom. The number of hydrogen-bond donors (Lipinski definition) is 2. The van der Waals surface area contributed by atoms with Crippen LogP contribution >= 0.6 is 15.9 Å². The maximum atomic E-state index is 12.8. The van der Waals surface area contributed by atoms with Gasteiger partial charge in [0.15, 0.2) is 0 Å². The van der Waals surface area contributed by atoms with Crippen LogP contribution in [0.1, 0.15) is 32.3 Å². The molecule has 0 aliphatic carbocycles. The number of carbonyl (C=O) groups excluding carboxylic acids is 2. The zero-order valence-electron chi connectivity index (χ0n) is 17.8. The van der Waals surface area contributed by atoms with Crippen LogP contribution in [0.25, 0.3) is 0 Å². The number of sulfonamides is 1. The average Bonchev–Trinajstić information content (AvgIpc) is 2.77. The largest absolute Gasteiger partial charge is 0.326 e. The quantitative estimate of drug-likeness (QED) is 0.449. The van der Waals surface area contributed by atoms with Crippen LogP contribution in [-0.4, -0.2) is 43.3 Å². The molecule has 10 heteroatoms. The summed E-state index contributed by atoms with van der Waals surface area (Å²) >= 11 is 3.30. The maximum Gasteiger partial charge on any atom is 0.243 e. The van der Waals surface area contributed by atoms with Gasteiger partial charge in [-0.25, -0.2) is 13.8 Å². The smallest absolute Gasteiger partial charge is 0.243 e. The van der Waals surface area contributed by atoms with E-state index in [4.69, 9.17) is 0 Å². The molecule has 2 aromatic carbocycles. The summed E-state index contributed by atoms with van der Waals surface area (Å²) in [5, 5.41) is 6.89. The predicted molar refractivity (Wildman–Crippen MR) is 127 cm³/mol. The van der Waals surface area contributed by atoms with Crippen molar-refractivity contribution in [2.24, 2.45) is 11.0 Å². The van der Waals surface area contributed by atoms with E-state index in [0.717, 1.165) is 10.0 Å². The highest BCUT2D eigenvalue weighted by Crippen LogP contribution is 2.25. The molecule has 32 heavy (non-hydrogen) atoms. The van der Waals surface area contributed by atoms with Crippen LogP contribution in [0.2, 0.25) is 0 Å². The van der Waals surface area contributed by atoms with Crippen LogP contribution in [-0.2, 0) is 19.6 Å². The number of piperidine rings is 1. The van der Waals surface area contributed by atoms with Gasteiger partial charge in [0.2, 0.25) is 21.8 Å². The lowest BCUT2D eigenvalue weighted by Gasteiger charge is -2.30. The number of nitrogens with one attached hydrogen (secondary N) is 2. The number of rotatable bonds is 6. The van der Waals surface area contributed by atoms with E-state index >= 15 is 0 Å². The van der Waals surface area contributed by atoms with E-state index in [1.165, 1.54) is 11.2 Å². The van der Waals surface area contributed by atoms with E-state index in [1.807, 2.05) is 6.07 Å². The molecule has 2 amide bonds. The number of halogens is 1. The highest BCUT2D eigenvalue weighted by atomic mass is 79.9. The van der Waals surface area contributed by atoms with Gasteiger partial charge in [-0.2, -0.15) is 9.41 Å². The predicted octanol–water partition coefficient (Wildman–Crippen LogP) is 3.35. The van der Waals surface area contributed by atoms with Gasteiger partial charge >= 0.3 is 0 Å². The molecule has 8 nitrogen and oxygen atoms in total. The molecule has 2 N–H and O–H groups in total. The average molecular weight is 521 g/mol. The lowest BCUT2D eigenvalue weighted by atomic mass is 9.98. The number of carbonyl (C=O) groups is 2. The first-order valence-electron chi connectivity index (χ1n) is 10.1. The van der Waals surface area contributed by atoms with Gasteiger partial charge in [-0.15, -0.1) is 0 Å². The van der Waals surface area contributed by atoms with Crippen LogP contribution in [0.4, 0.5) is 5.69 Å². The van der Waals surface area contributed by atoms with E-state index in [1.54, 1.807) is 49.4 Å². The SMILES string of the molecule is CC(=O)Nc1cccc(/C(C)=N\NC(=O)C2CCN(S(=O)(=O)c3ccc(Br)cc3)CC2)c1. The molecular formula is C22H25BrN4O4S. The Balaban J connectivity index is 1.57. The van der Waals surface area contributed by atoms with E-state index < -0.39 is 10.0 Å². The second-order valence-corrected chi connectivity index (χ2v) is 10.4. The van der Waals surface area contributed by atoms with Crippen molar-refractivity contribution in [1.29, 1.82) is 0 Å². The molecule has 0 aromatic heterocycles. The van der Waals surface area contributed by atoms with Crippen LogP contribution in [0.3, 0.4) is 0 Å². The normalized spacial score (nSPS) is 15.9. The highest BCUT2D eigenvalue weighted by molar-refractivity contribution is 9.10. The fourth-order valence-electron chi connectivity index (χ4n) is 3.43. The number of anilines is 1. The van der Waals surface area contributed by atoms with Crippen molar-refractivity contribution in [1.82, 2.24) is 9.73 Å².